The molecular formula is C14H13NO3. The molecular weight excluding hydrogens is 230 g/mol. The summed E-state index contributed by atoms with van der Waals surface area (Å²) in [6, 6.07) is 15.0. The Bertz CT molecular complexity index is 522. The van der Waals surface area contributed by atoms with E-state index in [-0.39, 0.29) is 4.92 Å². The second-order valence-electron chi connectivity index (χ2n) is 3.87. The fourth-order valence-electron chi connectivity index (χ4n) is 1.86. The van der Waals surface area contributed by atoms with Gasteiger partial charge in [-0.05, 0) is 24.3 Å². The SMILES string of the molecule is COc1ccc(C(c2ccccc2)[N+](=O)[O-])cc1. The van der Waals surface area contributed by atoms with E-state index in [1.54, 1.807) is 55.6 Å². The van der Waals surface area contributed by atoms with Crippen molar-refractivity contribution in [2.45, 2.75) is 6.04 Å². The number of hydrogen-bond donors (Lipinski definition) is 0. The lowest BCUT2D eigenvalue weighted by atomic mass is 9.99. The summed E-state index contributed by atoms with van der Waals surface area (Å²) in [6.45, 7) is 0. The van der Waals surface area contributed by atoms with Crippen molar-refractivity contribution in [3.8, 4) is 5.75 Å². The summed E-state index contributed by atoms with van der Waals surface area (Å²) in [7, 11) is 1.57. The zero-order valence-corrected chi connectivity index (χ0v) is 9.95. The van der Waals surface area contributed by atoms with Gasteiger partial charge in [0.05, 0.1) is 7.11 Å². The van der Waals surface area contributed by atoms with Crippen LogP contribution in [0.25, 0.3) is 0 Å². The highest BCUT2D eigenvalue weighted by molar-refractivity contribution is 5.33. The van der Waals surface area contributed by atoms with Gasteiger partial charge in [-0.15, -0.1) is 0 Å². The first kappa shape index (κ1) is 12.1. The monoisotopic (exact) mass is 243 g/mol. The zero-order chi connectivity index (χ0) is 13.0. The molecule has 4 nitrogen and oxygen atoms in total. The lowest BCUT2D eigenvalue weighted by Crippen LogP contribution is -2.11. The van der Waals surface area contributed by atoms with E-state index >= 15 is 0 Å². The van der Waals surface area contributed by atoms with Crippen LogP contribution in [0.3, 0.4) is 0 Å². The van der Waals surface area contributed by atoms with Crippen molar-refractivity contribution in [2.24, 2.45) is 0 Å². The number of rotatable bonds is 4. The summed E-state index contributed by atoms with van der Waals surface area (Å²) in [5, 5.41) is 11.2. The van der Waals surface area contributed by atoms with Crippen molar-refractivity contribution >= 4 is 0 Å². The molecule has 2 aromatic rings. The van der Waals surface area contributed by atoms with Gasteiger partial charge < -0.3 is 4.74 Å². The number of nitrogens with zero attached hydrogens (tertiary/aromatic N) is 1. The van der Waals surface area contributed by atoms with Crippen LogP contribution >= 0.6 is 0 Å². The Balaban J connectivity index is 2.39. The van der Waals surface area contributed by atoms with E-state index in [1.807, 2.05) is 6.07 Å². The minimum Gasteiger partial charge on any atom is -0.497 e. The maximum absolute atomic E-state index is 11.2. The van der Waals surface area contributed by atoms with Crippen LogP contribution in [-0.4, -0.2) is 12.0 Å². The summed E-state index contributed by atoms with van der Waals surface area (Å²) in [5.41, 5.74) is 1.32. The van der Waals surface area contributed by atoms with Gasteiger partial charge in [-0.3, -0.25) is 10.1 Å². The quantitative estimate of drug-likeness (QED) is 0.612. The first-order valence-electron chi connectivity index (χ1n) is 5.55. The zero-order valence-electron chi connectivity index (χ0n) is 9.95. The van der Waals surface area contributed by atoms with Gasteiger partial charge in [0.15, 0.2) is 0 Å². The number of nitro groups is 1. The van der Waals surface area contributed by atoms with Gasteiger partial charge in [0.1, 0.15) is 5.75 Å². The van der Waals surface area contributed by atoms with E-state index in [1.165, 1.54) is 0 Å². The van der Waals surface area contributed by atoms with Crippen LogP contribution in [-0.2, 0) is 0 Å². The number of benzene rings is 2. The Hall–Kier alpha value is -2.36. The Kier molecular flexibility index (Phi) is 3.57. The molecule has 2 rings (SSSR count). The molecule has 0 aliphatic rings. The maximum Gasteiger partial charge on any atom is 0.263 e. The van der Waals surface area contributed by atoms with Crippen molar-refractivity contribution in [3.63, 3.8) is 0 Å². The van der Waals surface area contributed by atoms with Crippen molar-refractivity contribution in [1.82, 2.24) is 0 Å². The first-order valence-corrected chi connectivity index (χ1v) is 5.55. The third-order valence-electron chi connectivity index (χ3n) is 2.76. The van der Waals surface area contributed by atoms with Gasteiger partial charge in [-0.1, -0.05) is 30.3 Å². The standard InChI is InChI=1S/C14H13NO3/c1-18-13-9-7-12(8-10-13)14(15(16)17)11-5-3-2-4-6-11/h2-10,14H,1H3. The average Bonchev–Trinajstić information content (AvgIpc) is 2.40. The van der Waals surface area contributed by atoms with Crippen molar-refractivity contribution < 1.29 is 9.66 Å². The third-order valence-corrected chi connectivity index (χ3v) is 2.76. The summed E-state index contributed by atoms with van der Waals surface area (Å²) < 4.78 is 5.05. The molecule has 1 atom stereocenters. The van der Waals surface area contributed by atoms with Crippen LogP contribution in [0.5, 0.6) is 5.75 Å². The van der Waals surface area contributed by atoms with E-state index < -0.39 is 6.04 Å². The molecule has 0 fully saturated rings. The number of ether oxygens (including phenoxy) is 1. The van der Waals surface area contributed by atoms with Gasteiger partial charge in [-0.2, -0.15) is 0 Å². The maximum atomic E-state index is 11.2. The molecule has 0 spiro atoms. The minimum atomic E-state index is -0.836. The first-order chi connectivity index (χ1) is 8.72. The fourth-order valence-corrected chi connectivity index (χ4v) is 1.86. The molecule has 0 bridgehead atoms. The fraction of sp³-hybridized carbons (Fsp3) is 0.143. The van der Waals surface area contributed by atoms with Gasteiger partial charge in [0.2, 0.25) is 0 Å². The van der Waals surface area contributed by atoms with E-state index in [0.717, 1.165) is 0 Å². The van der Waals surface area contributed by atoms with Crippen LogP contribution in [0.15, 0.2) is 54.6 Å². The second-order valence-corrected chi connectivity index (χ2v) is 3.87. The average molecular weight is 243 g/mol. The van der Waals surface area contributed by atoms with E-state index in [9.17, 15) is 10.1 Å². The van der Waals surface area contributed by atoms with Gasteiger partial charge >= 0.3 is 0 Å². The van der Waals surface area contributed by atoms with E-state index in [0.29, 0.717) is 16.9 Å². The summed E-state index contributed by atoms with van der Waals surface area (Å²) in [5.74, 6) is 0.689. The largest absolute Gasteiger partial charge is 0.497 e. The Morgan fingerprint density at radius 1 is 1.00 bits per heavy atom. The molecule has 2 aromatic carbocycles. The minimum absolute atomic E-state index is 0.281. The summed E-state index contributed by atoms with van der Waals surface area (Å²) in [6.07, 6.45) is 0. The highest BCUT2D eigenvalue weighted by Crippen LogP contribution is 2.26. The highest BCUT2D eigenvalue weighted by Gasteiger charge is 2.24. The lowest BCUT2D eigenvalue weighted by Gasteiger charge is -2.10. The second kappa shape index (κ2) is 5.31. The van der Waals surface area contributed by atoms with Gasteiger partial charge in [-0.25, -0.2) is 0 Å². The molecule has 18 heavy (non-hydrogen) atoms. The van der Waals surface area contributed by atoms with Crippen LogP contribution < -0.4 is 4.74 Å². The Morgan fingerprint density at radius 2 is 1.56 bits per heavy atom. The van der Waals surface area contributed by atoms with E-state index in [4.69, 9.17) is 4.74 Å². The predicted octanol–water partition coefficient (Wildman–Crippen LogP) is 3.06. The number of hydrogen-bond acceptors (Lipinski definition) is 3. The highest BCUT2D eigenvalue weighted by atomic mass is 16.6. The van der Waals surface area contributed by atoms with Crippen LogP contribution in [0, 0.1) is 10.1 Å². The van der Waals surface area contributed by atoms with Crippen molar-refractivity contribution in [2.75, 3.05) is 7.11 Å². The van der Waals surface area contributed by atoms with Crippen molar-refractivity contribution in [3.05, 3.63) is 75.8 Å². The molecule has 0 radical (unpaired) electrons. The molecule has 0 heterocycles. The predicted molar refractivity (Wildman–Crippen MR) is 68.3 cm³/mol. The molecule has 0 saturated heterocycles. The smallest absolute Gasteiger partial charge is 0.263 e. The molecule has 0 aliphatic heterocycles. The van der Waals surface area contributed by atoms with Crippen LogP contribution in [0.2, 0.25) is 0 Å². The Morgan fingerprint density at radius 3 is 2.06 bits per heavy atom. The topological polar surface area (TPSA) is 52.4 Å². The lowest BCUT2D eigenvalue weighted by molar-refractivity contribution is -0.517. The van der Waals surface area contributed by atoms with Gasteiger partial charge in [0, 0.05) is 16.1 Å². The number of methoxy groups -OCH3 is 1. The summed E-state index contributed by atoms with van der Waals surface area (Å²) in [4.78, 5) is 10.9. The molecule has 0 saturated carbocycles. The molecule has 1 unspecified atom stereocenters. The molecule has 0 N–H and O–H groups in total. The normalized spacial score (nSPS) is 11.8. The molecule has 0 amide bonds. The third kappa shape index (κ3) is 2.48. The molecule has 0 aromatic heterocycles. The molecule has 0 aliphatic carbocycles. The Labute approximate surface area is 105 Å². The van der Waals surface area contributed by atoms with Gasteiger partial charge in [0.25, 0.3) is 6.04 Å². The van der Waals surface area contributed by atoms with Crippen LogP contribution in [0.1, 0.15) is 17.2 Å². The van der Waals surface area contributed by atoms with E-state index in [2.05, 4.69) is 0 Å². The summed E-state index contributed by atoms with van der Waals surface area (Å²) >= 11 is 0. The van der Waals surface area contributed by atoms with Crippen molar-refractivity contribution in [1.29, 1.82) is 0 Å². The molecule has 92 valence electrons. The molecule has 4 heteroatoms. The van der Waals surface area contributed by atoms with Crippen LogP contribution in [0.4, 0.5) is 0 Å².